The average Bonchev–Trinajstić information content (AvgIpc) is 3.17. The third kappa shape index (κ3) is 4.79. The molecule has 0 bridgehead atoms. The number of guanidine groups is 1. The molecule has 3 N–H and O–H groups in total. The van der Waals surface area contributed by atoms with Gasteiger partial charge in [0.15, 0.2) is 5.96 Å². The van der Waals surface area contributed by atoms with Gasteiger partial charge in [-0.2, -0.15) is 0 Å². The predicted molar refractivity (Wildman–Crippen MR) is 96.6 cm³/mol. The van der Waals surface area contributed by atoms with Crippen LogP contribution in [0.25, 0.3) is 0 Å². The Morgan fingerprint density at radius 2 is 1.91 bits per heavy atom. The van der Waals surface area contributed by atoms with E-state index in [-0.39, 0.29) is 29.5 Å². The number of hydrogen-bond donors (Lipinski definition) is 2. The van der Waals surface area contributed by atoms with Crippen molar-refractivity contribution >= 4 is 29.9 Å². The predicted octanol–water partition coefficient (Wildman–Crippen LogP) is 3.56. The summed E-state index contributed by atoms with van der Waals surface area (Å²) < 4.78 is 27.7. The molecule has 0 heterocycles. The molecule has 1 fully saturated rings. The maximum Gasteiger partial charge on any atom is 0.188 e. The SMILES string of the molecule is CC(C)CCNC(N)=NCC1(c2c(F)cccc2F)CC1.I. The minimum atomic E-state index is -0.514. The van der Waals surface area contributed by atoms with Crippen LogP contribution < -0.4 is 11.1 Å². The van der Waals surface area contributed by atoms with Gasteiger partial charge in [-0.3, -0.25) is 4.99 Å². The lowest BCUT2D eigenvalue weighted by Gasteiger charge is -2.15. The Hall–Kier alpha value is -0.920. The average molecular weight is 423 g/mol. The molecule has 1 aliphatic rings. The zero-order valence-corrected chi connectivity index (χ0v) is 15.4. The van der Waals surface area contributed by atoms with Gasteiger partial charge >= 0.3 is 0 Å². The molecule has 6 heteroatoms. The van der Waals surface area contributed by atoms with Gasteiger partial charge in [0.05, 0.1) is 6.54 Å². The fourth-order valence-corrected chi connectivity index (χ4v) is 2.42. The van der Waals surface area contributed by atoms with Gasteiger partial charge in [0.1, 0.15) is 11.6 Å². The monoisotopic (exact) mass is 423 g/mol. The highest BCUT2D eigenvalue weighted by atomic mass is 127. The van der Waals surface area contributed by atoms with Gasteiger partial charge in [-0.1, -0.05) is 19.9 Å². The van der Waals surface area contributed by atoms with Crippen molar-refractivity contribution in [3.05, 3.63) is 35.4 Å². The molecule has 22 heavy (non-hydrogen) atoms. The highest BCUT2D eigenvalue weighted by Gasteiger charge is 2.47. The zero-order valence-electron chi connectivity index (χ0n) is 13.0. The molecule has 0 saturated heterocycles. The van der Waals surface area contributed by atoms with E-state index in [2.05, 4.69) is 24.2 Å². The van der Waals surface area contributed by atoms with E-state index in [1.54, 1.807) is 0 Å². The number of benzene rings is 1. The van der Waals surface area contributed by atoms with Crippen molar-refractivity contribution in [1.29, 1.82) is 0 Å². The van der Waals surface area contributed by atoms with Gasteiger partial charge in [0.2, 0.25) is 0 Å². The Labute approximate surface area is 147 Å². The van der Waals surface area contributed by atoms with Crippen molar-refractivity contribution in [3.63, 3.8) is 0 Å². The van der Waals surface area contributed by atoms with E-state index < -0.39 is 17.0 Å². The Balaban J connectivity index is 0.00000242. The molecular weight excluding hydrogens is 399 g/mol. The molecule has 0 unspecified atom stereocenters. The minimum Gasteiger partial charge on any atom is -0.370 e. The Kier molecular flexibility index (Phi) is 7.02. The van der Waals surface area contributed by atoms with Crippen LogP contribution in [0.4, 0.5) is 8.78 Å². The molecule has 0 radical (unpaired) electrons. The summed E-state index contributed by atoms with van der Waals surface area (Å²) in [4.78, 5) is 4.26. The number of nitrogens with zero attached hydrogens (tertiary/aromatic N) is 1. The minimum absolute atomic E-state index is 0. The summed E-state index contributed by atoms with van der Waals surface area (Å²) >= 11 is 0. The lowest BCUT2D eigenvalue weighted by atomic mass is 9.95. The van der Waals surface area contributed by atoms with Crippen LogP contribution in [0.15, 0.2) is 23.2 Å². The zero-order chi connectivity index (χ0) is 15.5. The summed E-state index contributed by atoms with van der Waals surface area (Å²) in [7, 11) is 0. The van der Waals surface area contributed by atoms with Crippen molar-refractivity contribution in [2.24, 2.45) is 16.6 Å². The van der Waals surface area contributed by atoms with Crippen LogP contribution in [0.1, 0.15) is 38.7 Å². The van der Waals surface area contributed by atoms with Crippen molar-refractivity contribution in [1.82, 2.24) is 5.32 Å². The standard InChI is InChI=1S/C16H23F2N3.HI/c1-11(2)6-9-20-15(19)21-10-16(7-8-16)14-12(17)4-3-5-13(14)18;/h3-5,11H,6-10H2,1-2H3,(H3,19,20,21);1H. The molecule has 0 spiro atoms. The molecule has 1 aromatic carbocycles. The Morgan fingerprint density at radius 3 is 2.41 bits per heavy atom. The van der Waals surface area contributed by atoms with Crippen LogP contribution in [-0.2, 0) is 5.41 Å². The Bertz CT molecular complexity index is 508. The molecule has 2 rings (SSSR count). The smallest absolute Gasteiger partial charge is 0.188 e. The molecule has 1 aromatic rings. The topological polar surface area (TPSA) is 50.4 Å². The van der Waals surface area contributed by atoms with E-state index in [0.717, 1.165) is 25.8 Å². The van der Waals surface area contributed by atoms with E-state index in [1.165, 1.54) is 18.2 Å². The van der Waals surface area contributed by atoms with E-state index in [1.807, 2.05) is 0 Å². The molecule has 1 aliphatic carbocycles. The summed E-state index contributed by atoms with van der Waals surface area (Å²) in [6, 6.07) is 3.98. The highest BCUT2D eigenvalue weighted by molar-refractivity contribution is 14.0. The van der Waals surface area contributed by atoms with Crippen molar-refractivity contribution in [3.8, 4) is 0 Å². The fourth-order valence-electron chi connectivity index (χ4n) is 2.42. The number of nitrogens with two attached hydrogens (primary N) is 1. The second-order valence-corrected chi connectivity index (χ2v) is 6.19. The number of aliphatic imine (C=N–C) groups is 1. The summed E-state index contributed by atoms with van der Waals surface area (Å²) in [5.74, 6) is -0.0469. The highest BCUT2D eigenvalue weighted by Crippen LogP contribution is 2.50. The fraction of sp³-hybridized carbons (Fsp3) is 0.562. The van der Waals surface area contributed by atoms with E-state index in [0.29, 0.717) is 18.4 Å². The second kappa shape index (κ2) is 8.08. The third-order valence-electron chi connectivity index (χ3n) is 3.93. The van der Waals surface area contributed by atoms with Gasteiger partial charge in [0.25, 0.3) is 0 Å². The molecule has 0 aromatic heterocycles. The normalized spacial score (nSPS) is 16.3. The molecule has 1 saturated carbocycles. The van der Waals surface area contributed by atoms with E-state index in [9.17, 15) is 8.78 Å². The first-order valence-corrected chi connectivity index (χ1v) is 7.43. The summed E-state index contributed by atoms with van der Waals surface area (Å²) in [5.41, 5.74) is 5.44. The Morgan fingerprint density at radius 1 is 1.32 bits per heavy atom. The van der Waals surface area contributed by atoms with Crippen molar-refractivity contribution < 1.29 is 8.78 Å². The third-order valence-corrected chi connectivity index (χ3v) is 3.93. The number of halogens is 3. The number of hydrogen-bond acceptors (Lipinski definition) is 1. The quantitative estimate of drug-likeness (QED) is 0.418. The number of rotatable bonds is 6. The van der Waals surface area contributed by atoms with Gasteiger partial charge in [-0.15, -0.1) is 24.0 Å². The lowest BCUT2D eigenvalue weighted by Crippen LogP contribution is -2.34. The van der Waals surface area contributed by atoms with Gasteiger partial charge in [0, 0.05) is 17.5 Å². The molecule has 124 valence electrons. The molecule has 3 nitrogen and oxygen atoms in total. The van der Waals surface area contributed by atoms with Crippen LogP contribution in [-0.4, -0.2) is 19.0 Å². The van der Waals surface area contributed by atoms with Gasteiger partial charge in [-0.25, -0.2) is 8.78 Å². The molecule has 0 atom stereocenters. The molecular formula is C16H24F2IN3. The first kappa shape index (κ1) is 19.1. The van der Waals surface area contributed by atoms with Crippen molar-refractivity contribution in [2.45, 2.75) is 38.5 Å². The first-order valence-electron chi connectivity index (χ1n) is 7.43. The first-order chi connectivity index (χ1) is 9.94. The van der Waals surface area contributed by atoms with Crippen LogP contribution in [0.5, 0.6) is 0 Å². The van der Waals surface area contributed by atoms with Crippen LogP contribution in [0.3, 0.4) is 0 Å². The van der Waals surface area contributed by atoms with E-state index >= 15 is 0 Å². The maximum absolute atomic E-state index is 13.9. The second-order valence-electron chi connectivity index (χ2n) is 6.19. The lowest BCUT2D eigenvalue weighted by molar-refractivity contribution is 0.516. The number of nitrogens with one attached hydrogen (secondary N) is 1. The summed E-state index contributed by atoms with van der Waals surface area (Å²) in [5, 5.41) is 3.04. The molecule has 0 aliphatic heterocycles. The van der Waals surface area contributed by atoms with Crippen LogP contribution in [0, 0.1) is 17.6 Å². The molecule has 0 amide bonds. The summed E-state index contributed by atoms with van der Waals surface area (Å²) in [6.45, 7) is 5.35. The van der Waals surface area contributed by atoms with Crippen molar-refractivity contribution in [2.75, 3.05) is 13.1 Å². The van der Waals surface area contributed by atoms with Crippen LogP contribution in [0.2, 0.25) is 0 Å². The van der Waals surface area contributed by atoms with Gasteiger partial charge in [-0.05, 0) is 37.3 Å². The van der Waals surface area contributed by atoms with Crippen LogP contribution >= 0.6 is 24.0 Å². The van der Waals surface area contributed by atoms with Gasteiger partial charge < -0.3 is 11.1 Å². The summed E-state index contributed by atoms with van der Waals surface area (Å²) in [6.07, 6.45) is 2.49. The maximum atomic E-state index is 13.9. The van der Waals surface area contributed by atoms with E-state index in [4.69, 9.17) is 5.73 Å². The largest absolute Gasteiger partial charge is 0.370 e.